The minimum Gasteiger partial charge on any atom is -0.494 e. The van der Waals surface area contributed by atoms with Crippen molar-refractivity contribution >= 4 is 29.9 Å². The number of nitrogens with zero attached hydrogens (tertiary/aromatic N) is 4. The molecule has 140 valence electrons. The highest BCUT2D eigenvalue weighted by Crippen LogP contribution is 2.51. The minimum absolute atomic E-state index is 0.210. The van der Waals surface area contributed by atoms with Crippen LogP contribution in [0.4, 0.5) is 0 Å². The Morgan fingerprint density at radius 1 is 1.23 bits per heavy atom. The van der Waals surface area contributed by atoms with Gasteiger partial charge in [-0.3, -0.25) is 23.7 Å². The smallest absolute Gasteiger partial charge is 0.333 e. The van der Waals surface area contributed by atoms with Gasteiger partial charge >= 0.3 is 11.7 Å². The van der Waals surface area contributed by atoms with Crippen molar-refractivity contribution in [3.8, 4) is 5.88 Å². The molecule has 2 aliphatic rings. The number of amides is 1. The number of thioether (sulfide) groups is 1. The number of β-lactam (4-membered cyclic amide) rings is 1. The molecular weight excluding hydrogens is 364 g/mol. The van der Waals surface area contributed by atoms with E-state index >= 15 is 0 Å². The summed E-state index contributed by atoms with van der Waals surface area (Å²) >= 11 is 1.33. The quantitative estimate of drug-likeness (QED) is 0.491. The topological polar surface area (TPSA) is 134 Å². The van der Waals surface area contributed by atoms with Crippen LogP contribution in [-0.4, -0.2) is 64.5 Å². The van der Waals surface area contributed by atoms with Crippen LogP contribution in [0.25, 0.3) is 0 Å². The summed E-state index contributed by atoms with van der Waals surface area (Å²) in [5.74, 6) is -2.07. The number of carbonyl (C=O) groups excluding carboxylic acids is 1. The predicted octanol–water partition coefficient (Wildman–Crippen LogP) is -1.28. The first-order valence-corrected chi connectivity index (χ1v) is 8.62. The summed E-state index contributed by atoms with van der Waals surface area (Å²) in [6.07, 6.45) is 1.07. The molecule has 1 aromatic rings. The lowest BCUT2D eigenvalue weighted by Crippen LogP contribution is -2.64. The Hall–Kier alpha value is -2.56. The fraction of sp³-hybridized carbons (Fsp3) is 0.533. The van der Waals surface area contributed by atoms with Crippen molar-refractivity contribution in [1.29, 1.82) is 0 Å². The van der Waals surface area contributed by atoms with Gasteiger partial charge in [-0.15, -0.1) is 11.8 Å². The molecule has 0 radical (unpaired) electrons. The average molecular weight is 382 g/mol. The summed E-state index contributed by atoms with van der Waals surface area (Å²) in [6.45, 7) is 3.49. The van der Waals surface area contributed by atoms with E-state index in [2.05, 4.69) is 4.99 Å². The molecule has 0 bridgehead atoms. The Labute approximate surface area is 151 Å². The second kappa shape index (κ2) is 5.73. The van der Waals surface area contributed by atoms with E-state index in [-0.39, 0.29) is 5.56 Å². The molecule has 3 heterocycles. The summed E-state index contributed by atoms with van der Waals surface area (Å²) in [5.41, 5.74) is -1.63. The van der Waals surface area contributed by atoms with E-state index in [0.29, 0.717) is 0 Å². The molecule has 3 rings (SSSR count). The van der Waals surface area contributed by atoms with Crippen LogP contribution in [0.5, 0.6) is 5.88 Å². The number of aliphatic carboxylic acids is 1. The largest absolute Gasteiger partial charge is 0.494 e. The van der Waals surface area contributed by atoms with Gasteiger partial charge in [-0.25, -0.2) is 9.59 Å². The van der Waals surface area contributed by atoms with Gasteiger partial charge in [-0.05, 0) is 13.8 Å². The first-order chi connectivity index (χ1) is 12.0. The molecule has 11 heteroatoms. The van der Waals surface area contributed by atoms with Gasteiger partial charge in [0.25, 0.3) is 11.5 Å². The lowest BCUT2D eigenvalue weighted by molar-refractivity contribution is -0.158. The van der Waals surface area contributed by atoms with E-state index in [9.17, 15) is 29.4 Å². The zero-order chi connectivity index (χ0) is 19.5. The number of aromatic nitrogens is 2. The minimum atomic E-state index is -1.08. The fourth-order valence-electron chi connectivity index (χ4n) is 3.26. The molecule has 2 aliphatic heterocycles. The van der Waals surface area contributed by atoms with Gasteiger partial charge in [0, 0.05) is 25.1 Å². The van der Waals surface area contributed by atoms with Crippen LogP contribution in [0.2, 0.25) is 0 Å². The van der Waals surface area contributed by atoms with Crippen molar-refractivity contribution in [2.75, 3.05) is 0 Å². The van der Waals surface area contributed by atoms with Crippen LogP contribution < -0.4 is 11.2 Å². The van der Waals surface area contributed by atoms with E-state index in [1.54, 1.807) is 13.8 Å². The van der Waals surface area contributed by atoms with Crippen molar-refractivity contribution in [3.05, 3.63) is 26.4 Å². The van der Waals surface area contributed by atoms with Crippen LogP contribution in [0, 0.1) is 0 Å². The average Bonchev–Trinajstić information content (AvgIpc) is 2.82. The zero-order valence-electron chi connectivity index (χ0n) is 14.5. The third-order valence-electron chi connectivity index (χ3n) is 4.68. The number of hydrogen-bond donors (Lipinski definition) is 2. The zero-order valence-corrected chi connectivity index (χ0v) is 15.4. The van der Waals surface area contributed by atoms with Crippen LogP contribution in [0.3, 0.4) is 0 Å². The summed E-state index contributed by atoms with van der Waals surface area (Å²) < 4.78 is 1.04. The van der Waals surface area contributed by atoms with Gasteiger partial charge < -0.3 is 15.1 Å². The molecule has 2 saturated heterocycles. The molecular formula is C15H18N4O6S. The normalized spacial score (nSPS) is 26.8. The maximum Gasteiger partial charge on any atom is 0.333 e. The first-order valence-electron chi connectivity index (χ1n) is 7.74. The lowest BCUT2D eigenvalue weighted by Gasteiger charge is -2.41. The molecule has 0 saturated carbocycles. The van der Waals surface area contributed by atoms with Crippen molar-refractivity contribution in [2.24, 2.45) is 19.1 Å². The number of fused-ring (bicyclic) bond motifs is 1. The Morgan fingerprint density at radius 3 is 2.42 bits per heavy atom. The Bertz CT molecular complexity index is 962. The highest BCUT2D eigenvalue weighted by atomic mass is 32.2. The second-order valence-electron chi connectivity index (χ2n) is 6.76. The number of rotatable bonds is 3. The number of hydrogen-bond acceptors (Lipinski definition) is 7. The molecule has 0 aliphatic carbocycles. The standard InChI is InChI=1S/C15H18N4O6S/c1-15(2)8(13(23)24)19-11(22)7(12(19)26-15)16-5-6-9(20)17(3)14(25)18(4)10(6)21/h5,7-8,12,20H,1-4H3,(H,23,24). The van der Waals surface area contributed by atoms with Crippen LogP contribution in [0.15, 0.2) is 14.6 Å². The van der Waals surface area contributed by atoms with Crippen LogP contribution in [0.1, 0.15) is 19.4 Å². The number of carbonyl (C=O) groups is 2. The van der Waals surface area contributed by atoms with Crippen molar-refractivity contribution in [1.82, 2.24) is 14.0 Å². The lowest BCUT2D eigenvalue weighted by atomic mass is 9.96. The van der Waals surface area contributed by atoms with Gasteiger partial charge in [0.15, 0.2) is 6.04 Å². The Balaban J connectivity index is 1.94. The van der Waals surface area contributed by atoms with Gasteiger partial charge in [0.05, 0.1) is 0 Å². The molecule has 0 aromatic carbocycles. The van der Waals surface area contributed by atoms with E-state index in [4.69, 9.17) is 0 Å². The highest BCUT2D eigenvalue weighted by molar-refractivity contribution is 8.01. The maximum absolute atomic E-state index is 12.4. The summed E-state index contributed by atoms with van der Waals surface area (Å²) in [4.78, 5) is 53.1. The molecule has 3 atom stereocenters. The van der Waals surface area contributed by atoms with E-state index in [0.717, 1.165) is 15.3 Å². The van der Waals surface area contributed by atoms with Crippen molar-refractivity contribution in [2.45, 2.75) is 36.1 Å². The van der Waals surface area contributed by atoms with E-state index < -0.39 is 51.2 Å². The summed E-state index contributed by atoms with van der Waals surface area (Å²) in [6, 6.07) is -1.79. The molecule has 10 nitrogen and oxygen atoms in total. The summed E-state index contributed by atoms with van der Waals surface area (Å²) in [5, 5.41) is 19.0. The maximum atomic E-state index is 12.4. The number of carboxylic acid groups (broad SMARTS) is 1. The van der Waals surface area contributed by atoms with Gasteiger partial charge in [-0.1, -0.05) is 0 Å². The molecule has 1 amide bonds. The van der Waals surface area contributed by atoms with Gasteiger partial charge in [0.1, 0.15) is 17.0 Å². The first kappa shape index (κ1) is 18.2. The number of aliphatic imine (C=N–C) groups is 1. The highest BCUT2D eigenvalue weighted by Gasteiger charge is 2.63. The number of carboxylic acids is 1. The summed E-state index contributed by atoms with van der Waals surface area (Å²) in [7, 11) is 2.57. The third-order valence-corrected chi connectivity index (χ3v) is 6.24. The molecule has 0 spiro atoms. The van der Waals surface area contributed by atoms with Crippen molar-refractivity contribution < 1.29 is 19.8 Å². The predicted molar refractivity (Wildman–Crippen MR) is 93.7 cm³/mol. The van der Waals surface area contributed by atoms with E-state index in [1.165, 1.54) is 30.8 Å². The Kier molecular flexibility index (Phi) is 4.02. The van der Waals surface area contributed by atoms with Crippen molar-refractivity contribution in [3.63, 3.8) is 0 Å². The molecule has 26 heavy (non-hydrogen) atoms. The molecule has 2 N–H and O–H groups in total. The second-order valence-corrected chi connectivity index (χ2v) is 8.54. The van der Waals surface area contributed by atoms with Crippen LogP contribution >= 0.6 is 11.8 Å². The van der Waals surface area contributed by atoms with Gasteiger partial charge in [-0.2, -0.15) is 0 Å². The van der Waals surface area contributed by atoms with E-state index in [1.807, 2.05) is 0 Å². The molecule has 2 fully saturated rings. The Morgan fingerprint density at radius 2 is 1.85 bits per heavy atom. The van der Waals surface area contributed by atoms with Crippen LogP contribution in [-0.2, 0) is 23.7 Å². The molecule has 3 unspecified atom stereocenters. The number of aromatic hydroxyl groups is 1. The molecule has 1 aromatic heterocycles. The SMILES string of the molecule is Cn1c(O)c(C=NC2C(=O)N3C2SC(C)(C)C3C(=O)O)c(=O)n(C)c1=O. The van der Waals surface area contributed by atoms with Gasteiger partial charge in [0.2, 0.25) is 5.88 Å². The third kappa shape index (κ3) is 2.37. The fourth-order valence-corrected chi connectivity index (χ4v) is 4.88. The monoisotopic (exact) mass is 382 g/mol.